The SMILES string of the molecule is Cl.c1cc2c(cc1CN1CCNCC13CCCCC3)CCO2. The van der Waals surface area contributed by atoms with Crippen molar-refractivity contribution in [1.29, 1.82) is 0 Å². The van der Waals surface area contributed by atoms with Gasteiger partial charge in [-0.3, -0.25) is 4.90 Å². The number of hydrogen-bond acceptors (Lipinski definition) is 3. The van der Waals surface area contributed by atoms with Gasteiger partial charge < -0.3 is 10.1 Å². The third-order valence-corrected chi connectivity index (χ3v) is 5.59. The lowest BCUT2D eigenvalue weighted by Crippen LogP contribution is -2.61. The van der Waals surface area contributed by atoms with Crippen LogP contribution in [0.3, 0.4) is 0 Å². The van der Waals surface area contributed by atoms with Gasteiger partial charge in [-0.2, -0.15) is 0 Å². The molecule has 1 N–H and O–H groups in total. The van der Waals surface area contributed by atoms with Crippen LogP contribution in [0.4, 0.5) is 0 Å². The first-order valence-electron chi connectivity index (χ1n) is 8.56. The van der Waals surface area contributed by atoms with E-state index in [9.17, 15) is 0 Å². The molecule has 22 heavy (non-hydrogen) atoms. The summed E-state index contributed by atoms with van der Waals surface area (Å²) in [7, 11) is 0. The Bertz CT molecular complexity index is 506. The third-order valence-electron chi connectivity index (χ3n) is 5.59. The van der Waals surface area contributed by atoms with E-state index in [0.29, 0.717) is 5.54 Å². The van der Waals surface area contributed by atoms with Gasteiger partial charge in [-0.05, 0) is 30.0 Å². The molecule has 3 aliphatic rings. The molecule has 0 amide bonds. The van der Waals surface area contributed by atoms with E-state index in [2.05, 4.69) is 28.4 Å². The van der Waals surface area contributed by atoms with Crippen LogP contribution in [-0.2, 0) is 13.0 Å². The topological polar surface area (TPSA) is 24.5 Å². The maximum Gasteiger partial charge on any atom is 0.122 e. The van der Waals surface area contributed by atoms with Crippen LogP contribution >= 0.6 is 12.4 Å². The summed E-state index contributed by atoms with van der Waals surface area (Å²) < 4.78 is 5.63. The van der Waals surface area contributed by atoms with Gasteiger partial charge in [0.15, 0.2) is 0 Å². The van der Waals surface area contributed by atoms with Crippen molar-refractivity contribution in [3.05, 3.63) is 29.3 Å². The molecule has 2 fully saturated rings. The molecule has 0 bridgehead atoms. The first-order valence-corrected chi connectivity index (χ1v) is 8.56. The molecule has 3 nitrogen and oxygen atoms in total. The first kappa shape index (κ1) is 16.1. The van der Waals surface area contributed by atoms with Crippen LogP contribution in [0.2, 0.25) is 0 Å². The lowest BCUT2D eigenvalue weighted by Gasteiger charge is -2.50. The van der Waals surface area contributed by atoms with Crippen LogP contribution in [-0.4, -0.2) is 36.7 Å². The van der Waals surface area contributed by atoms with Crippen LogP contribution in [0.15, 0.2) is 18.2 Å². The number of nitrogens with zero attached hydrogens (tertiary/aromatic N) is 1. The second-order valence-electron chi connectivity index (χ2n) is 6.92. The van der Waals surface area contributed by atoms with E-state index in [-0.39, 0.29) is 12.4 Å². The van der Waals surface area contributed by atoms with Gasteiger partial charge in [0.1, 0.15) is 5.75 Å². The maximum atomic E-state index is 5.63. The third kappa shape index (κ3) is 2.99. The van der Waals surface area contributed by atoms with Crippen molar-refractivity contribution in [3.63, 3.8) is 0 Å². The van der Waals surface area contributed by atoms with Crippen molar-refractivity contribution in [2.45, 2.75) is 50.6 Å². The van der Waals surface area contributed by atoms with Crippen LogP contribution in [0, 0.1) is 0 Å². The molecule has 122 valence electrons. The summed E-state index contributed by atoms with van der Waals surface area (Å²) in [6.45, 7) is 5.47. The first-order chi connectivity index (χ1) is 10.4. The van der Waals surface area contributed by atoms with E-state index in [1.807, 2.05) is 0 Å². The van der Waals surface area contributed by atoms with Gasteiger partial charge in [0, 0.05) is 38.1 Å². The fraction of sp³-hybridized carbons (Fsp3) is 0.667. The highest BCUT2D eigenvalue weighted by atomic mass is 35.5. The van der Waals surface area contributed by atoms with E-state index in [0.717, 1.165) is 31.9 Å². The Morgan fingerprint density at radius 1 is 1.18 bits per heavy atom. The summed E-state index contributed by atoms with van der Waals surface area (Å²) in [5.41, 5.74) is 3.29. The molecule has 1 aromatic carbocycles. The minimum Gasteiger partial charge on any atom is -0.493 e. The Morgan fingerprint density at radius 2 is 2.05 bits per heavy atom. The molecular formula is C18H27ClN2O. The van der Waals surface area contributed by atoms with Crippen molar-refractivity contribution in [2.24, 2.45) is 0 Å². The Kier molecular flexibility index (Phi) is 4.96. The van der Waals surface area contributed by atoms with Crippen molar-refractivity contribution < 1.29 is 4.74 Å². The number of ether oxygens (including phenoxy) is 1. The quantitative estimate of drug-likeness (QED) is 0.905. The molecule has 0 atom stereocenters. The van der Waals surface area contributed by atoms with Crippen molar-refractivity contribution in [3.8, 4) is 5.75 Å². The molecule has 1 spiro atoms. The molecule has 1 aromatic rings. The fourth-order valence-corrected chi connectivity index (χ4v) is 4.39. The number of benzene rings is 1. The zero-order valence-corrected chi connectivity index (χ0v) is 14.1. The number of nitrogens with one attached hydrogen (secondary N) is 1. The summed E-state index contributed by atoms with van der Waals surface area (Å²) in [5.74, 6) is 1.10. The summed E-state index contributed by atoms with van der Waals surface area (Å²) in [4.78, 5) is 2.76. The molecule has 0 aromatic heterocycles. The molecule has 0 unspecified atom stereocenters. The smallest absolute Gasteiger partial charge is 0.122 e. The average Bonchev–Trinajstić information content (AvgIpc) is 2.98. The molecule has 0 radical (unpaired) electrons. The van der Waals surface area contributed by atoms with Gasteiger partial charge >= 0.3 is 0 Å². The largest absolute Gasteiger partial charge is 0.493 e. The van der Waals surface area contributed by atoms with Crippen LogP contribution in [0.25, 0.3) is 0 Å². The van der Waals surface area contributed by atoms with E-state index >= 15 is 0 Å². The Hall–Kier alpha value is -0.770. The molecule has 4 rings (SSSR count). The standard InChI is InChI=1S/C18H26N2O.ClH/c1-2-7-18(8-3-1)14-19-9-10-20(18)13-15-4-5-17-16(12-15)6-11-21-17;/h4-5,12,19H,1-3,6-11,13-14H2;1H. The predicted molar refractivity (Wildman–Crippen MR) is 92.0 cm³/mol. The van der Waals surface area contributed by atoms with Crippen LogP contribution < -0.4 is 10.1 Å². The van der Waals surface area contributed by atoms with Gasteiger partial charge in [0.2, 0.25) is 0 Å². The number of fused-ring (bicyclic) bond motifs is 1. The molecule has 1 aliphatic carbocycles. The van der Waals surface area contributed by atoms with E-state index < -0.39 is 0 Å². The van der Waals surface area contributed by atoms with Gasteiger partial charge in [-0.1, -0.05) is 31.4 Å². The molecular weight excluding hydrogens is 296 g/mol. The van der Waals surface area contributed by atoms with Crippen molar-refractivity contribution >= 4 is 12.4 Å². The maximum absolute atomic E-state index is 5.63. The molecule has 2 aliphatic heterocycles. The van der Waals surface area contributed by atoms with E-state index in [1.54, 1.807) is 0 Å². The minimum atomic E-state index is 0. The Morgan fingerprint density at radius 3 is 2.91 bits per heavy atom. The normalized spacial score (nSPS) is 23.6. The number of halogens is 1. The summed E-state index contributed by atoms with van der Waals surface area (Å²) in [5, 5.41) is 3.64. The van der Waals surface area contributed by atoms with Crippen LogP contribution in [0.5, 0.6) is 5.75 Å². The van der Waals surface area contributed by atoms with Gasteiger partial charge in [0.05, 0.1) is 6.61 Å². The Balaban J connectivity index is 0.00000144. The van der Waals surface area contributed by atoms with E-state index in [4.69, 9.17) is 4.74 Å². The monoisotopic (exact) mass is 322 g/mol. The highest BCUT2D eigenvalue weighted by Gasteiger charge is 2.39. The molecule has 1 saturated carbocycles. The minimum absolute atomic E-state index is 0. The molecule has 1 saturated heterocycles. The van der Waals surface area contributed by atoms with Crippen molar-refractivity contribution in [2.75, 3.05) is 26.2 Å². The molecule has 4 heteroatoms. The summed E-state index contributed by atoms with van der Waals surface area (Å²) in [6.07, 6.45) is 8.04. The lowest BCUT2D eigenvalue weighted by atomic mass is 9.79. The van der Waals surface area contributed by atoms with Crippen molar-refractivity contribution in [1.82, 2.24) is 10.2 Å². The highest BCUT2D eigenvalue weighted by molar-refractivity contribution is 5.85. The zero-order chi connectivity index (χ0) is 14.1. The van der Waals surface area contributed by atoms with E-state index in [1.165, 1.54) is 56.3 Å². The number of rotatable bonds is 2. The van der Waals surface area contributed by atoms with Gasteiger partial charge in [0.25, 0.3) is 0 Å². The fourth-order valence-electron chi connectivity index (χ4n) is 4.39. The van der Waals surface area contributed by atoms with Gasteiger partial charge in [-0.15, -0.1) is 12.4 Å². The molecule has 2 heterocycles. The second-order valence-corrected chi connectivity index (χ2v) is 6.92. The van der Waals surface area contributed by atoms with Gasteiger partial charge in [-0.25, -0.2) is 0 Å². The second kappa shape index (κ2) is 6.77. The predicted octanol–water partition coefficient (Wildman–Crippen LogP) is 3.15. The average molecular weight is 323 g/mol. The Labute approximate surface area is 139 Å². The number of hydrogen-bond donors (Lipinski definition) is 1. The zero-order valence-electron chi connectivity index (χ0n) is 13.3. The lowest BCUT2D eigenvalue weighted by molar-refractivity contribution is 0.0209. The number of piperazine rings is 1. The van der Waals surface area contributed by atoms with Crippen LogP contribution in [0.1, 0.15) is 43.2 Å². The highest BCUT2D eigenvalue weighted by Crippen LogP contribution is 2.36. The summed E-state index contributed by atoms with van der Waals surface area (Å²) in [6, 6.07) is 6.82. The summed E-state index contributed by atoms with van der Waals surface area (Å²) >= 11 is 0.